The van der Waals surface area contributed by atoms with Gasteiger partial charge in [0, 0.05) is 33.2 Å². The summed E-state index contributed by atoms with van der Waals surface area (Å²) >= 11 is 12.1. The fraction of sp³-hybridized carbons (Fsp3) is 0.0909. The second kappa shape index (κ2) is 9.25. The summed E-state index contributed by atoms with van der Waals surface area (Å²) in [5.74, 6) is -0.406. The number of hydrogen-bond acceptors (Lipinski definition) is 5. The predicted octanol–water partition coefficient (Wildman–Crippen LogP) is 5.61. The molecule has 2 heterocycles. The van der Waals surface area contributed by atoms with Gasteiger partial charge in [0.1, 0.15) is 19.3 Å². The van der Waals surface area contributed by atoms with Crippen LogP contribution in [0.25, 0.3) is 23.1 Å². The zero-order valence-electron chi connectivity index (χ0n) is 16.5. The zero-order valence-corrected chi connectivity index (χ0v) is 18.0. The van der Waals surface area contributed by atoms with Crippen LogP contribution in [0.1, 0.15) is 21.7 Å². The molecule has 10 heteroatoms. The second-order valence-electron chi connectivity index (χ2n) is 6.77. The number of esters is 1. The molecule has 0 aliphatic rings. The van der Waals surface area contributed by atoms with Crippen molar-refractivity contribution in [1.29, 1.82) is 0 Å². The molecule has 0 saturated carbocycles. The number of fused-ring (bicyclic) bond motifs is 1. The van der Waals surface area contributed by atoms with Crippen molar-refractivity contribution in [2.75, 3.05) is 6.61 Å². The third-order valence-corrected chi connectivity index (χ3v) is 5.35. The van der Waals surface area contributed by atoms with Gasteiger partial charge in [-0.25, -0.2) is 14.3 Å². The molecule has 4 aromatic rings. The highest BCUT2D eigenvalue weighted by molar-refractivity contribution is 6.35. The van der Waals surface area contributed by atoms with Crippen LogP contribution in [0.5, 0.6) is 0 Å². The predicted molar refractivity (Wildman–Crippen MR) is 123 cm³/mol. The number of para-hydroxylation sites is 1. The number of halogens is 2. The number of rotatable bonds is 7. The molecule has 0 spiro atoms. The van der Waals surface area contributed by atoms with Crippen LogP contribution in [0.3, 0.4) is 0 Å². The number of nitro groups is 1. The number of H-pyrrole nitrogens is 1. The lowest BCUT2D eigenvalue weighted by molar-refractivity contribution is -0.392. The largest absolute Gasteiger partial charge is 0.458 e. The Morgan fingerprint density at radius 1 is 1.22 bits per heavy atom. The zero-order chi connectivity index (χ0) is 22.7. The molecule has 4 rings (SSSR count). The Kier molecular flexibility index (Phi) is 6.25. The minimum atomic E-state index is -0.541. The van der Waals surface area contributed by atoms with E-state index in [4.69, 9.17) is 27.9 Å². The number of ether oxygens (including phenoxy) is 1. The van der Waals surface area contributed by atoms with Crippen LogP contribution >= 0.6 is 23.2 Å². The van der Waals surface area contributed by atoms with Gasteiger partial charge in [-0.15, -0.1) is 0 Å². The molecule has 0 atom stereocenters. The number of aromatic amines is 1. The van der Waals surface area contributed by atoms with Crippen LogP contribution in [-0.2, 0) is 11.3 Å². The van der Waals surface area contributed by atoms with Crippen molar-refractivity contribution in [2.24, 2.45) is 0 Å². The normalized spacial score (nSPS) is 11.3. The van der Waals surface area contributed by atoms with Gasteiger partial charge in [-0.1, -0.05) is 47.5 Å². The summed E-state index contributed by atoms with van der Waals surface area (Å²) in [6, 6.07) is 12.4. The molecule has 0 aliphatic carbocycles. The maximum atomic E-state index is 12.5. The van der Waals surface area contributed by atoms with E-state index in [-0.39, 0.29) is 19.0 Å². The van der Waals surface area contributed by atoms with Crippen LogP contribution in [-0.4, -0.2) is 32.0 Å². The Morgan fingerprint density at radius 3 is 2.81 bits per heavy atom. The first-order valence-electron chi connectivity index (χ1n) is 9.50. The number of carbonyl (C=O) groups excluding carboxylic acids is 1. The molecule has 32 heavy (non-hydrogen) atoms. The second-order valence-corrected chi connectivity index (χ2v) is 7.61. The van der Waals surface area contributed by atoms with E-state index in [2.05, 4.69) is 9.97 Å². The maximum Gasteiger partial charge on any atom is 0.343 e. The van der Waals surface area contributed by atoms with E-state index in [1.165, 1.54) is 4.57 Å². The Balaban J connectivity index is 1.50. The van der Waals surface area contributed by atoms with E-state index in [9.17, 15) is 14.9 Å². The topological polar surface area (TPSA) is 103 Å². The third-order valence-electron chi connectivity index (χ3n) is 4.78. The molecule has 2 aromatic carbocycles. The first kappa shape index (κ1) is 21.6. The Bertz CT molecular complexity index is 1340. The van der Waals surface area contributed by atoms with Gasteiger partial charge < -0.3 is 19.8 Å². The quantitative estimate of drug-likeness (QED) is 0.215. The minimum absolute atomic E-state index is 0.0540. The summed E-state index contributed by atoms with van der Waals surface area (Å²) < 4.78 is 6.73. The first-order chi connectivity index (χ1) is 15.4. The monoisotopic (exact) mass is 470 g/mol. The van der Waals surface area contributed by atoms with E-state index in [0.717, 1.165) is 17.1 Å². The average molecular weight is 471 g/mol. The molecule has 0 amide bonds. The highest BCUT2D eigenvalue weighted by atomic mass is 35.5. The van der Waals surface area contributed by atoms with Crippen molar-refractivity contribution in [3.63, 3.8) is 0 Å². The van der Waals surface area contributed by atoms with Crippen molar-refractivity contribution < 1.29 is 14.5 Å². The fourth-order valence-corrected chi connectivity index (χ4v) is 3.71. The van der Waals surface area contributed by atoms with Crippen LogP contribution in [0.2, 0.25) is 10.0 Å². The summed E-state index contributed by atoms with van der Waals surface area (Å²) in [7, 11) is 0. The highest BCUT2D eigenvalue weighted by Crippen LogP contribution is 2.24. The van der Waals surface area contributed by atoms with Gasteiger partial charge in [0.15, 0.2) is 0 Å². The molecule has 0 fully saturated rings. The van der Waals surface area contributed by atoms with E-state index >= 15 is 0 Å². The van der Waals surface area contributed by atoms with E-state index in [1.54, 1.807) is 36.5 Å². The van der Waals surface area contributed by atoms with E-state index in [0.29, 0.717) is 27.0 Å². The number of hydrogen-bond donors (Lipinski definition) is 1. The maximum absolute atomic E-state index is 12.5. The molecule has 0 bridgehead atoms. The highest BCUT2D eigenvalue weighted by Gasteiger charge is 2.20. The van der Waals surface area contributed by atoms with Crippen molar-refractivity contribution in [3.05, 3.63) is 92.0 Å². The van der Waals surface area contributed by atoms with E-state index in [1.807, 2.05) is 24.3 Å². The molecule has 0 radical (unpaired) electrons. The van der Waals surface area contributed by atoms with Gasteiger partial charge in [-0.05, 0) is 34.8 Å². The average Bonchev–Trinajstić information content (AvgIpc) is 3.37. The Labute approximate surface area is 192 Å². The standard InChI is InChI=1S/C22H16Cl2N4O4/c23-15-7-5-14(18(24)11-15)6-8-20-26-13-21(28(30)31)27(20)9-10-32-22(29)17-12-25-19-4-2-1-3-16(17)19/h1-8,11-13,25H,9-10H2/b8-6-. The lowest BCUT2D eigenvalue weighted by Crippen LogP contribution is -2.13. The van der Waals surface area contributed by atoms with Crippen LogP contribution < -0.4 is 0 Å². The molecule has 0 unspecified atom stereocenters. The van der Waals surface area contributed by atoms with Crippen LogP contribution in [0, 0.1) is 10.1 Å². The number of imidazole rings is 1. The van der Waals surface area contributed by atoms with E-state index < -0.39 is 10.9 Å². The van der Waals surface area contributed by atoms with Gasteiger partial charge in [0.2, 0.25) is 5.82 Å². The summed E-state index contributed by atoms with van der Waals surface area (Å²) in [5.41, 5.74) is 1.90. The van der Waals surface area contributed by atoms with Crippen molar-refractivity contribution in [2.45, 2.75) is 6.54 Å². The van der Waals surface area contributed by atoms with Crippen molar-refractivity contribution in [3.8, 4) is 0 Å². The van der Waals surface area contributed by atoms with Gasteiger partial charge in [0.05, 0.1) is 5.56 Å². The van der Waals surface area contributed by atoms with Gasteiger partial charge in [0.25, 0.3) is 0 Å². The molecule has 0 aliphatic heterocycles. The number of aromatic nitrogens is 3. The number of nitrogens with one attached hydrogen (secondary N) is 1. The third kappa shape index (κ3) is 4.51. The fourth-order valence-electron chi connectivity index (χ4n) is 3.24. The Hall–Kier alpha value is -3.62. The smallest absolute Gasteiger partial charge is 0.343 e. The van der Waals surface area contributed by atoms with Crippen LogP contribution in [0.15, 0.2) is 54.9 Å². The Morgan fingerprint density at radius 2 is 2.03 bits per heavy atom. The molecular weight excluding hydrogens is 455 g/mol. The number of benzene rings is 2. The number of nitrogens with zero attached hydrogens (tertiary/aromatic N) is 3. The van der Waals surface area contributed by atoms with Gasteiger partial charge in [-0.2, -0.15) is 0 Å². The molecule has 162 valence electrons. The molecule has 0 saturated heterocycles. The molecule has 1 N–H and O–H groups in total. The summed E-state index contributed by atoms with van der Waals surface area (Å²) in [5, 5.41) is 13.1. The molecule has 2 aromatic heterocycles. The first-order valence-corrected chi connectivity index (χ1v) is 10.3. The van der Waals surface area contributed by atoms with Crippen LogP contribution in [0.4, 0.5) is 5.82 Å². The summed E-state index contributed by atoms with van der Waals surface area (Å²) in [6.45, 7) is -0.0173. The van der Waals surface area contributed by atoms with Crippen molar-refractivity contribution >= 4 is 58.0 Å². The minimum Gasteiger partial charge on any atom is -0.458 e. The number of carbonyl (C=O) groups is 1. The van der Waals surface area contributed by atoms with Gasteiger partial charge in [-0.3, -0.25) is 0 Å². The van der Waals surface area contributed by atoms with Gasteiger partial charge >= 0.3 is 11.8 Å². The summed E-state index contributed by atoms with van der Waals surface area (Å²) in [6.07, 6.45) is 6.02. The lowest BCUT2D eigenvalue weighted by atomic mass is 10.2. The molecular formula is C22H16Cl2N4O4. The molecule has 8 nitrogen and oxygen atoms in total. The van der Waals surface area contributed by atoms with Crippen molar-refractivity contribution in [1.82, 2.24) is 14.5 Å². The SMILES string of the molecule is O=C(OCCn1c([N+](=O)[O-])cnc1/C=C\c1ccc(Cl)cc1Cl)c1c[nH]c2ccccc12. The lowest BCUT2D eigenvalue weighted by Gasteiger charge is -2.05. The summed E-state index contributed by atoms with van der Waals surface area (Å²) in [4.78, 5) is 30.5.